The number of carbonyl (C=O) groups is 2. The molecule has 1 aromatic heterocycles. The number of rotatable bonds is 4. The van der Waals surface area contributed by atoms with Crippen molar-refractivity contribution in [1.29, 1.82) is 0 Å². The Morgan fingerprint density at radius 2 is 2.04 bits per heavy atom. The minimum atomic E-state index is -0.920. The van der Waals surface area contributed by atoms with Crippen molar-refractivity contribution >= 4 is 11.9 Å². The number of hydrogen-bond donors (Lipinski definition) is 1. The van der Waals surface area contributed by atoms with E-state index in [1.165, 1.54) is 0 Å². The summed E-state index contributed by atoms with van der Waals surface area (Å²) in [6.45, 7) is 3.65. The molecule has 0 radical (unpaired) electrons. The molecular weight excluding hydrogens is 306 g/mol. The third-order valence-electron chi connectivity index (χ3n) is 4.46. The lowest BCUT2D eigenvalue weighted by Gasteiger charge is -2.33. The smallest absolute Gasteiger partial charge is 0.335 e. The summed E-state index contributed by atoms with van der Waals surface area (Å²) < 4.78 is 1.67. The molecule has 0 spiro atoms. The third kappa shape index (κ3) is 3.64. The second-order valence-corrected chi connectivity index (χ2v) is 6.32. The average Bonchev–Trinajstić information content (AvgIpc) is 3.00. The molecule has 1 fully saturated rings. The van der Waals surface area contributed by atoms with Crippen molar-refractivity contribution in [2.75, 3.05) is 13.1 Å². The number of carbonyl (C=O) groups excluding carboxylic acids is 1. The first kappa shape index (κ1) is 16.2. The third-order valence-corrected chi connectivity index (χ3v) is 4.46. The molecule has 1 aliphatic rings. The molecular formula is C18H21N3O3. The van der Waals surface area contributed by atoms with Gasteiger partial charge in [-0.25, -0.2) is 4.79 Å². The summed E-state index contributed by atoms with van der Waals surface area (Å²) in [7, 11) is 0. The summed E-state index contributed by atoms with van der Waals surface area (Å²) in [5.41, 5.74) is 2.42. The van der Waals surface area contributed by atoms with Crippen LogP contribution in [-0.4, -0.2) is 44.8 Å². The number of carboxylic acid groups (broad SMARTS) is 1. The number of amides is 1. The van der Waals surface area contributed by atoms with Gasteiger partial charge in [0, 0.05) is 25.2 Å². The first-order valence-corrected chi connectivity index (χ1v) is 8.13. The van der Waals surface area contributed by atoms with Crippen molar-refractivity contribution in [2.45, 2.75) is 32.2 Å². The molecule has 0 bridgehead atoms. The molecule has 126 valence electrons. The molecule has 2 aromatic rings. The quantitative estimate of drug-likeness (QED) is 0.935. The fourth-order valence-electron chi connectivity index (χ4n) is 3.17. The summed E-state index contributed by atoms with van der Waals surface area (Å²) in [6.07, 6.45) is 5.58. The number of likely N-dealkylation sites (tertiary alicyclic amines) is 1. The average molecular weight is 327 g/mol. The molecule has 24 heavy (non-hydrogen) atoms. The normalized spacial score (nSPS) is 17.7. The lowest BCUT2D eigenvalue weighted by atomic mass is 9.90. The van der Waals surface area contributed by atoms with E-state index in [0.29, 0.717) is 6.54 Å². The van der Waals surface area contributed by atoms with E-state index in [2.05, 4.69) is 5.10 Å². The molecule has 6 heteroatoms. The Bertz CT molecular complexity index is 736. The SMILES string of the molecule is Cc1cnn(CC(=O)N2CCCC(c3ccc(C(=O)O)cc3)C2)c1. The zero-order valence-corrected chi connectivity index (χ0v) is 13.7. The number of carboxylic acids is 1. The van der Waals surface area contributed by atoms with E-state index >= 15 is 0 Å². The predicted octanol–water partition coefficient (Wildman–Crippen LogP) is 2.30. The number of aromatic carboxylic acids is 1. The second-order valence-electron chi connectivity index (χ2n) is 6.32. The van der Waals surface area contributed by atoms with E-state index in [9.17, 15) is 9.59 Å². The highest BCUT2D eigenvalue weighted by atomic mass is 16.4. The second kappa shape index (κ2) is 6.86. The van der Waals surface area contributed by atoms with Gasteiger partial charge in [0.15, 0.2) is 0 Å². The van der Waals surface area contributed by atoms with Crippen LogP contribution in [0.3, 0.4) is 0 Å². The van der Waals surface area contributed by atoms with E-state index in [4.69, 9.17) is 5.11 Å². The molecule has 3 rings (SSSR count). The molecule has 1 unspecified atom stereocenters. The Morgan fingerprint density at radius 3 is 2.67 bits per heavy atom. The molecule has 2 heterocycles. The minimum absolute atomic E-state index is 0.0740. The monoisotopic (exact) mass is 327 g/mol. The van der Waals surface area contributed by atoms with Crippen LogP contribution < -0.4 is 0 Å². The van der Waals surface area contributed by atoms with Gasteiger partial charge in [0.25, 0.3) is 0 Å². The fourth-order valence-corrected chi connectivity index (χ4v) is 3.17. The van der Waals surface area contributed by atoms with Crippen LogP contribution in [0.25, 0.3) is 0 Å². The van der Waals surface area contributed by atoms with Gasteiger partial charge in [-0.15, -0.1) is 0 Å². The maximum Gasteiger partial charge on any atom is 0.335 e. The number of hydrogen-bond acceptors (Lipinski definition) is 3. The van der Waals surface area contributed by atoms with Gasteiger partial charge in [0.2, 0.25) is 5.91 Å². The Balaban J connectivity index is 1.65. The molecule has 0 aliphatic carbocycles. The van der Waals surface area contributed by atoms with Crippen LogP contribution in [0.2, 0.25) is 0 Å². The van der Waals surface area contributed by atoms with Gasteiger partial charge in [-0.3, -0.25) is 9.48 Å². The highest BCUT2D eigenvalue weighted by Crippen LogP contribution is 2.27. The van der Waals surface area contributed by atoms with Crippen LogP contribution in [0.4, 0.5) is 0 Å². The first-order chi connectivity index (χ1) is 11.5. The highest BCUT2D eigenvalue weighted by molar-refractivity contribution is 5.87. The number of aromatic nitrogens is 2. The van der Waals surface area contributed by atoms with Crippen molar-refractivity contribution in [2.24, 2.45) is 0 Å². The zero-order valence-electron chi connectivity index (χ0n) is 13.7. The van der Waals surface area contributed by atoms with Gasteiger partial charge in [-0.2, -0.15) is 5.10 Å². The number of benzene rings is 1. The van der Waals surface area contributed by atoms with Crippen LogP contribution in [0.1, 0.15) is 40.2 Å². The molecule has 1 N–H and O–H groups in total. The first-order valence-electron chi connectivity index (χ1n) is 8.13. The largest absolute Gasteiger partial charge is 0.478 e. The van der Waals surface area contributed by atoms with Gasteiger partial charge in [-0.05, 0) is 43.0 Å². The Kier molecular flexibility index (Phi) is 4.64. The zero-order chi connectivity index (χ0) is 17.1. The number of piperidine rings is 1. The minimum Gasteiger partial charge on any atom is -0.478 e. The molecule has 1 amide bonds. The number of nitrogens with zero attached hydrogens (tertiary/aromatic N) is 3. The molecule has 1 aliphatic heterocycles. The lowest BCUT2D eigenvalue weighted by molar-refractivity contribution is -0.133. The van der Waals surface area contributed by atoms with E-state index < -0.39 is 5.97 Å². The Hall–Kier alpha value is -2.63. The van der Waals surface area contributed by atoms with Crippen LogP contribution in [0.5, 0.6) is 0 Å². The van der Waals surface area contributed by atoms with E-state index in [1.54, 1.807) is 23.0 Å². The number of aryl methyl sites for hydroxylation is 1. The van der Waals surface area contributed by atoms with Gasteiger partial charge >= 0.3 is 5.97 Å². The summed E-state index contributed by atoms with van der Waals surface area (Å²) in [6, 6.07) is 6.98. The highest BCUT2D eigenvalue weighted by Gasteiger charge is 2.25. The molecule has 0 saturated carbocycles. The Labute approximate surface area is 140 Å². The van der Waals surface area contributed by atoms with E-state index in [1.807, 2.05) is 30.2 Å². The van der Waals surface area contributed by atoms with Gasteiger partial charge in [0.05, 0.1) is 11.8 Å². The van der Waals surface area contributed by atoms with E-state index in [0.717, 1.165) is 30.5 Å². The topological polar surface area (TPSA) is 75.4 Å². The summed E-state index contributed by atoms with van der Waals surface area (Å²) in [5.74, 6) is -0.591. The molecule has 1 saturated heterocycles. The van der Waals surface area contributed by atoms with Crippen molar-refractivity contribution in [3.63, 3.8) is 0 Å². The van der Waals surface area contributed by atoms with Gasteiger partial charge < -0.3 is 10.0 Å². The lowest BCUT2D eigenvalue weighted by Crippen LogP contribution is -2.40. The van der Waals surface area contributed by atoms with E-state index in [-0.39, 0.29) is 23.9 Å². The maximum absolute atomic E-state index is 12.5. The molecule has 6 nitrogen and oxygen atoms in total. The Morgan fingerprint density at radius 1 is 1.29 bits per heavy atom. The summed E-state index contributed by atoms with van der Waals surface area (Å²) in [5, 5.41) is 13.1. The summed E-state index contributed by atoms with van der Waals surface area (Å²) >= 11 is 0. The van der Waals surface area contributed by atoms with Crippen molar-refractivity contribution in [3.8, 4) is 0 Å². The van der Waals surface area contributed by atoms with Crippen molar-refractivity contribution < 1.29 is 14.7 Å². The van der Waals surface area contributed by atoms with Crippen molar-refractivity contribution in [1.82, 2.24) is 14.7 Å². The van der Waals surface area contributed by atoms with Crippen LogP contribution in [-0.2, 0) is 11.3 Å². The van der Waals surface area contributed by atoms with Crippen LogP contribution in [0, 0.1) is 6.92 Å². The maximum atomic E-state index is 12.5. The van der Waals surface area contributed by atoms with Crippen LogP contribution in [0.15, 0.2) is 36.7 Å². The standard InChI is InChI=1S/C18H21N3O3/c1-13-9-19-21(10-13)12-17(22)20-8-2-3-16(11-20)14-4-6-15(7-5-14)18(23)24/h4-7,9-10,16H,2-3,8,11-12H2,1H3,(H,23,24). The van der Waals surface area contributed by atoms with Crippen LogP contribution >= 0.6 is 0 Å². The fraction of sp³-hybridized carbons (Fsp3) is 0.389. The molecule has 1 aromatic carbocycles. The van der Waals surface area contributed by atoms with Crippen molar-refractivity contribution in [3.05, 3.63) is 53.3 Å². The van der Waals surface area contributed by atoms with Gasteiger partial charge in [-0.1, -0.05) is 12.1 Å². The predicted molar refractivity (Wildman–Crippen MR) is 88.9 cm³/mol. The van der Waals surface area contributed by atoms with Gasteiger partial charge in [0.1, 0.15) is 6.54 Å². The summed E-state index contributed by atoms with van der Waals surface area (Å²) in [4.78, 5) is 25.3. The molecule has 1 atom stereocenters.